The molecule has 1 aliphatic rings. The van der Waals surface area contributed by atoms with Crippen molar-refractivity contribution in [3.63, 3.8) is 0 Å². The van der Waals surface area contributed by atoms with Gasteiger partial charge in [0.05, 0.1) is 35.5 Å². The molecule has 0 aliphatic carbocycles. The van der Waals surface area contributed by atoms with Crippen LogP contribution in [0.25, 0.3) is 11.8 Å². The molecule has 1 aromatic heterocycles. The zero-order valence-electron chi connectivity index (χ0n) is 12.4. The molecule has 1 aromatic carbocycles. The Morgan fingerprint density at radius 1 is 1.39 bits per heavy atom. The molecule has 0 saturated heterocycles. The molecule has 3 rings (SSSR count). The van der Waals surface area contributed by atoms with Crippen molar-refractivity contribution in [3.8, 4) is 5.69 Å². The molecule has 2 aromatic rings. The van der Waals surface area contributed by atoms with Crippen LogP contribution in [0.1, 0.15) is 11.3 Å². The second kappa shape index (κ2) is 5.79. The van der Waals surface area contributed by atoms with Crippen LogP contribution < -0.4 is 21.2 Å². The average Bonchev–Trinajstić information content (AvgIpc) is 2.54. The fraction of sp³-hybridized carbons (Fsp3) is 0.200. The van der Waals surface area contributed by atoms with Crippen LogP contribution >= 0.6 is 0 Å². The molecule has 2 heterocycles. The lowest BCUT2D eigenvalue weighted by Gasteiger charge is -2.16. The second-order valence-corrected chi connectivity index (χ2v) is 5.10. The van der Waals surface area contributed by atoms with Gasteiger partial charge in [-0.15, -0.1) is 5.23 Å². The Morgan fingerprint density at radius 3 is 2.83 bits per heavy atom. The minimum absolute atomic E-state index is 0.0307. The third-order valence-electron chi connectivity index (χ3n) is 3.66. The van der Waals surface area contributed by atoms with Crippen LogP contribution in [-0.4, -0.2) is 32.7 Å². The summed E-state index contributed by atoms with van der Waals surface area (Å²) in [7, 11) is 0. The number of aryl methyl sites for hydroxylation is 1. The van der Waals surface area contributed by atoms with Crippen molar-refractivity contribution in [2.75, 3.05) is 11.8 Å². The highest BCUT2D eigenvalue weighted by atomic mass is 16.8. The van der Waals surface area contributed by atoms with Gasteiger partial charge < -0.3 is 4.74 Å². The maximum absolute atomic E-state index is 9.08. The third-order valence-corrected chi connectivity index (χ3v) is 3.66. The Hall–Kier alpha value is -2.77. The Labute approximate surface area is 130 Å². The van der Waals surface area contributed by atoms with Crippen molar-refractivity contribution in [3.05, 3.63) is 45.4 Å². The van der Waals surface area contributed by atoms with Crippen molar-refractivity contribution in [1.82, 2.24) is 9.78 Å². The minimum Gasteiger partial charge on any atom is -0.371 e. The van der Waals surface area contributed by atoms with Crippen LogP contribution in [0, 0.1) is 17.7 Å². The molecular weight excluding hydrogens is 298 g/mol. The molecule has 23 heavy (non-hydrogen) atoms. The zero-order chi connectivity index (χ0) is 16.6. The highest BCUT2D eigenvalue weighted by Gasteiger charge is 2.12. The van der Waals surface area contributed by atoms with E-state index in [1.165, 1.54) is 10.7 Å². The lowest BCUT2D eigenvalue weighted by molar-refractivity contribution is 0.0291. The fourth-order valence-electron chi connectivity index (χ4n) is 2.53. The predicted octanol–water partition coefficient (Wildman–Crippen LogP) is -0.524. The van der Waals surface area contributed by atoms with E-state index in [9.17, 15) is 0 Å². The van der Waals surface area contributed by atoms with Crippen LogP contribution in [0.3, 0.4) is 0 Å². The van der Waals surface area contributed by atoms with Gasteiger partial charge in [0.25, 0.3) is 0 Å². The van der Waals surface area contributed by atoms with Crippen molar-refractivity contribution in [1.29, 1.82) is 10.8 Å². The fourth-order valence-corrected chi connectivity index (χ4v) is 2.53. The topological polar surface area (TPSA) is 118 Å². The summed E-state index contributed by atoms with van der Waals surface area (Å²) < 4.78 is 6.75. The van der Waals surface area contributed by atoms with Gasteiger partial charge in [0.2, 0.25) is 0 Å². The van der Waals surface area contributed by atoms with Gasteiger partial charge in [-0.25, -0.2) is 4.68 Å². The number of nitrogens with one attached hydrogen (secondary N) is 2. The van der Waals surface area contributed by atoms with Crippen LogP contribution in [0.5, 0.6) is 0 Å². The van der Waals surface area contributed by atoms with Gasteiger partial charge in [0, 0.05) is 5.22 Å². The van der Waals surface area contributed by atoms with Gasteiger partial charge in [0.1, 0.15) is 0 Å². The second-order valence-electron chi connectivity index (χ2n) is 5.10. The number of fused-ring (bicyclic) bond motifs is 1. The van der Waals surface area contributed by atoms with Gasteiger partial charge in [-0.2, -0.15) is 5.10 Å². The smallest absolute Gasteiger partial charge is 0.164 e. The first-order chi connectivity index (χ1) is 11.0. The van der Waals surface area contributed by atoms with Gasteiger partial charge in [-0.3, -0.25) is 21.2 Å². The lowest BCUT2D eigenvalue weighted by Crippen LogP contribution is -2.50. The quantitative estimate of drug-likeness (QED) is 0.439. The third kappa shape index (κ3) is 2.56. The molecule has 0 unspecified atom stereocenters. The number of nitrogens with zero attached hydrogens (tertiary/aromatic N) is 3. The Kier molecular flexibility index (Phi) is 3.81. The van der Waals surface area contributed by atoms with E-state index in [0.29, 0.717) is 40.6 Å². The summed E-state index contributed by atoms with van der Waals surface area (Å²) in [6.45, 7) is 2.49. The monoisotopic (exact) mass is 313 g/mol. The molecule has 1 aliphatic heterocycles. The van der Waals surface area contributed by atoms with E-state index < -0.39 is 0 Å². The molecule has 0 spiro atoms. The van der Waals surface area contributed by atoms with Crippen LogP contribution in [0.2, 0.25) is 0 Å². The Balaban J connectivity index is 2.31. The van der Waals surface area contributed by atoms with Crippen molar-refractivity contribution in [2.24, 2.45) is 0 Å². The number of aromatic nitrogens is 2. The summed E-state index contributed by atoms with van der Waals surface area (Å²) in [4.78, 5) is 0. The zero-order valence-corrected chi connectivity index (χ0v) is 12.4. The number of hydrogen-bond donors (Lipinski definition) is 4. The lowest BCUT2D eigenvalue weighted by atomic mass is 10.1. The number of hydrogen-bond acceptors (Lipinski definition) is 7. The molecule has 0 fully saturated rings. The SMILES string of the molecule is Cc1cc(N(O)O)ccc1-n1nc2c(c(=C=N)c1=N)=CCOC2. The molecule has 8 nitrogen and oxygen atoms in total. The molecular formula is C15H15N5O3. The van der Waals surface area contributed by atoms with E-state index in [1.807, 2.05) is 0 Å². The first-order valence-corrected chi connectivity index (χ1v) is 6.86. The predicted molar refractivity (Wildman–Crippen MR) is 80.4 cm³/mol. The molecule has 0 bridgehead atoms. The van der Waals surface area contributed by atoms with E-state index in [2.05, 4.69) is 11.0 Å². The van der Waals surface area contributed by atoms with Gasteiger partial charge in [-0.1, -0.05) is 0 Å². The first kappa shape index (κ1) is 15.1. The summed E-state index contributed by atoms with van der Waals surface area (Å²) in [6.07, 6.45) is 1.79. The minimum atomic E-state index is 0.0307. The Bertz CT molecular complexity index is 974. The summed E-state index contributed by atoms with van der Waals surface area (Å²) >= 11 is 0. The highest BCUT2D eigenvalue weighted by molar-refractivity contribution is 5.54. The maximum atomic E-state index is 9.08. The van der Waals surface area contributed by atoms with Crippen molar-refractivity contribution < 1.29 is 15.2 Å². The largest absolute Gasteiger partial charge is 0.371 e. The van der Waals surface area contributed by atoms with Crippen LogP contribution in [-0.2, 0) is 11.3 Å². The van der Waals surface area contributed by atoms with Gasteiger partial charge in [-0.05, 0) is 42.6 Å². The molecule has 0 saturated carbocycles. The number of benzene rings is 1. The summed E-state index contributed by atoms with van der Waals surface area (Å²) in [6, 6.07) is 4.67. The molecule has 4 N–H and O–H groups in total. The van der Waals surface area contributed by atoms with Crippen LogP contribution in [0.15, 0.2) is 18.2 Å². The number of ether oxygens (including phenoxy) is 1. The Morgan fingerprint density at radius 2 is 2.17 bits per heavy atom. The summed E-state index contributed by atoms with van der Waals surface area (Å²) in [5.74, 6) is 2.31. The molecule has 0 amide bonds. The normalized spacial score (nSPS) is 13.0. The molecule has 8 heteroatoms. The average molecular weight is 313 g/mol. The van der Waals surface area contributed by atoms with E-state index in [1.54, 1.807) is 25.1 Å². The van der Waals surface area contributed by atoms with Crippen molar-refractivity contribution in [2.45, 2.75) is 13.5 Å². The van der Waals surface area contributed by atoms with Gasteiger partial charge in [0.15, 0.2) is 5.49 Å². The standard InChI is InChI=1S/C15H15N5O3/c1-9-6-10(20(21)22)2-3-14(9)19-15(17)12(7-16)11-4-5-23-8-13(11)18-19/h2-4,6,16-17,21-22H,5,8H2,1H3. The number of anilines is 1. The highest BCUT2D eigenvalue weighted by Crippen LogP contribution is 2.18. The summed E-state index contributed by atoms with van der Waals surface area (Å²) in [5.41, 5.74) is 2.17. The van der Waals surface area contributed by atoms with Crippen LogP contribution in [0.4, 0.5) is 5.69 Å². The summed E-state index contributed by atoms with van der Waals surface area (Å²) in [5, 5.41) is 39.5. The molecule has 118 valence electrons. The maximum Gasteiger partial charge on any atom is 0.164 e. The molecule has 0 radical (unpaired) electrons. The first-order valence-electron chi connectivity index (χ1n) is 6.86. The van der Waals surface area contributed by atoms with E-state index in [-0.39, 0.29) is 16.4 Å². The number of rotatable bonds is 2. The van der Waals surface area contributed by atoms with Gasteiger partial charge >= 0.3 is 0 Å². The van der Waals surface area contributed by atoms with E-state index in [0.717, 1.165) is 0 Å². The van der Waals surface area contributed by atoms with E-state index in [4.69, 9.17) is 26.0 Å². The van der Waals surface area contributed by atoms with E-state index >= 15 is 0 Å². The molecule has 0 atom stereocenters. The van der Waals surface area contributed by atoms with Crippen molar-refractivity contribution >= 4 is 17.6 Å².